The van der Waals surface area contributed by atoms with E-state index < -0.39 is 22.7 Å². The first-order chi connectivity index (χ1) is 17.3. The Kier molecular flexibility index (Phi) is 8.69. The number of thiazole rings is 1. The molecule has 198 valence electrons. The van der Waals surface area contributed by atoms with Crippen molar-refractivity contribution in [2.75, 3.05) is 16.1 Å². The molecule has 1 heterocycles. The summed E-state index contributed by atoms with van der Waals surface area (Å²) in [6.45, 7) is 5.60. The van der Waals surface area contributed by atoms with Crippen LogP contribution < -0.4 is 33.0 Å². The van der Waals surface area contributed by atoms with Gasteiger partial charge in [0.2, 0.25) is 0 Å². The van der Waals surface area contributed by atoms with Crippen molar-refractivity contribution in [3.63, 3.8) is 0 Å². The molecule has 0 aliphatic carbocycles. The summed E-state index contributed by atoms with van der Waals surface area (Å²) in [4.78, 5) is 17.6. The molecule has 8 nitrogen and oxygen atoms in total. The molecule has 1 amide bonds. The molecule has 0 aliphatic heterocycles. The van der Waals surface area contributed by atoms with Crippen molar-refractivity contribution >= 4 is 51.0 Å². The maximum absolute atomic E-state index is 13.6. The number of alkyl halides is 3. The average molecular weight is 554 g/mol. The van der Waals surface area contributed by atoms with E-state index in [-0.39, 0.29) is 29.4 Å². The SMILES string of the molecule is Cc1ccc(C(=O)Nc2cc(CNC(C)C)c(Cl)c(C(F)(F)F)c2)cc1N(N)/C=C(\N)c1cnc(N)s1. The van der Waals surface area contributed by atoms with E-state index in [0.717, 1.165) is 11.6 Å². The summed E-state index contributed by atoms with van der Waals surface area (Å²) >= 11 is 7.23. The minimum Gasteiger partial charge on any atom is -0.396 e. The van der Waals surface area contributed by atoms with Gasteiger partial charge in [-0.25, -0.2) is 10.8 Å². The van der Waals surface area contributed by atoms with Crippen molar-refractivity contribution < 1.29 is 18.0 Å². The van der Waals surface area contributed by atoms with E-state index in [1.807, 2.05) is 13.8 Å². The summed E-state index contributed by atoms with van der Waals surface area (Å²) in [5.74, 6) is 5.55. The highest BCUT2D eigenvalue weighted by Crippen LogP contribution is 2.38. The molecule has 0 unspecified atom stereocenters. The zero-order valence-corrected chi connectivity index (χ0v) is 21.9. The van der Waals surface area contributed by atoms with Crippen LogP contribution >= 0.6 is 22.9 Å². The van der Waals surface area contributed by atoms with Crippen LogP contribution in [0.15, 0.2) is 42.7 Å². The summed E-state index contributed by atoms with van der Waals surface area (Å²) < 4.78 is 40.9. The minimum atomic E-state index is -4.70. The van der Waals surface area contributed by atoms with Crippen LogP contribution in [0.4, 0.5) is 29.7 Å². The molecule has 0 bridgehead atoms. The Bertz CT molecular complexity index is 1320. The number of anilines is 3. The zero-order chi connectivity index (χ0) is 27.5. The number of carbonyl (C=O) groups is 1. The fraction of sp³-hybridized carbons (Fsp3) is 0.250. The molecule has 8 N–H and O–H groups in total. The summed E-state index contributed by atoms with van der Waals surface area (Å²) in [6.07, 6.45) is -1.72. The molecular weight excluding hydrogens is 527 g/mol. The number of benzene rings is 2. The van der Waals surface area contributed by atoms with E-state index in [9.17, 15) is 18.0 Å². The number of hydrogen-bond acceptors (Lipinski definition) is 8. The molecule has 0 aliphatic rings. The van der Waals surface area contributed by atoms with Gasteiger partial charge in [-0.3, -0.25) is 9.80 Å². The number of nitrogens with two attached hydrogens (primary N) is 3. The number of rotatable bonds is 8. The number of aromatic nitrogens is 1. The third-order valence-electron chi connectivity index (χ3n) is 5.25. The smallest absolute Gasteiger partial charge is 0.396 e. The highest BCUT2D eigenvalue weighted by atomic mass is 35.5. The predicted molar refractivity (Wildman–Crippen MR) is 143 cm³/mol. The molecular formula is C24H27ClF3N7OS. The molecule has 2 aromatic carbocycles. The van der Waals surface area contributed by atoms with Gasteiger partial charge in [-0.05, 0) is 42.3 Å². The molecule has 0 spiro atoms. The van der Waals surface area contributed by atoms with E-state index in [1.165, 1.54) is 40.9 Å². The first-order valence-electron chi connectivity index (χ1n) is 11.0. The summed E-state index contributed by atoms with van der Waals surface area (Å²) in [5, 5.41) is 6.76. The minimum absolute atomic E-state index is 0.0189. The van der Waals surface area contributed by atoms with Gasteiger partial charge in [0.15, 0.2) is 5.13 Å². The molecule has 37 heavy (non-hydrogen) atoms. The lowest BCUT2D eigenvalue weighted by Gasteiger charge is -2.19. The summed E-state index contributed by atoms with van der Waals surface area (Å²) in [5.41, 5.74) is 12.5. The van der Waals surface area contributed by atoms with Gasteiger partial charge in [-0.1, -0.05) is 42.9 Å². The van der Waals surface area contributed by atoms with Crippen molar-refractivity contribution in [1.29, 1.82) is 0 Å². The summed E-state index contributed by atoms with van der Waals surface area (Å²) in [6, 6.07) is 6.97. The first kappa shape index (κ1) is 28.3. The van der Waals surface area contributed by atoms with Crippen molar-refractivity contribution in [1.82, 2.24) is 10.3 Å². The van der Waals surface area contributed by atoms with Gasteiger partial charge in [-0.2, -0.15) is 13.2 Å². The van der Waals surface area contributed by atoms with Crippen molar-refractivity contribution in [3.05, 3.63) is 74.9 Å². The van der Waals surface area contributed by atoms with E-state index in [1.54, 1.807) is 19.1 Å². The largest absolute Gasteiger partial charge is 0.417 e. The Morgan fingerprint density at radius 2 is 1.97 bits per heavy atom. The number of amides is 1. The first-order valence-corrected chi connectivity index (χ1v) is 12.2. The predicted octanol–water partition coefficient (Wildman–Crippen LogP) is 5.09. The maximum Gasteiger partial charge on any atom is 0.417 e. The number of nitrogen functional groups attached to an aromatic ring is 1. The van der Waals surface area contributed by atoms with Gasteiger partial charge in [0.25, 0.3) is 5.91 Å². The monoisotopic (exact) mass is 553 g/mol. The van der Waals surface area contributed by atoms with Crippen LogP contribution in [0.3, 0.4) is 0 Å². The quantitative estimate of drug-likeness (QED) is 0.193. The van der Waals surface area contributed by atoms with Crippen molar-refractivity contribution in [2.45, 2.75) is 39.5 Å². The molecule has 3 aromatic rings. The Hall–Kier alpha value is -3.32. The lowest BCUT2D eigenvalue weighted by Crippen LogP contribution is -2.27. The Labute approximate surface area is 221 Å². The fourth-order valence-corrected chi connectivity index (χ4v) is 4.23. The number of hydrogen-bond donors (Lipinski definition) is 5. The van der Waals surface area contributed by atoms with Crippen molar-refractivity contribution in [3.8, 4) is 0 Å². The molecule has 0 saturated heterocycles. The number of nitrogens with one attached hydrogen (secondary N) is 2. The Morgan fingerprint density at radius 1 is 1.27 bits per heavy atom. The molecule has 0 fully saturated rings. The molecule has 0 atom stereocenters. The maximum atomic E-state index is 13.6. The van der Waals surface area contributed by atoms with Gasteiger partial charge < -0.3 is 22.1 Å². The Morgan fingerprint density at radius 3 is 2.57 bits per heavy atom. The number of hydrazine groups is 1. The van der Waals surface area contributed by atoms with Crippen LogP contribution in [0.5, 0.6) is 0 Å². The van der Waals surface area contributed by atoms with Crippen LogP contribution in [0, 0.1) is 6.92 Å². The second kappa shape index (κ2) is 11.4. The molecule has 1 aromatic heterocycles. The van der Waals surface area contributed by atoms with Gasteiger partial charge in [0.05, 0.1) is 26.8 Å². The summed E-state index contributed by atoms with van der Waals surface area (Å²) in [7, 11) is 0. The van der Waals surface area contributed by atoms with Crippen molar-refractivity contribution in [2.24, 2.45) is 11.6 Å². The van der Waals surface area contributed by atoms with Crippen LogP contribution in [-0.2, 0) is 12.7 Å². The standard InChI is InChI=1S/C24H27ClF3N7OS/c1-12(2)32-9-15-6-16(8-17(21(15)25)24(26,27)28)34-22(36)14-5-4-13(3)19(7-14)35(31)11-18(29)20-10-33-23(30)37-20/h4-8,10-12,32H,9,29,31H2,1-3H3,(H2,30,33)(H,34,36)/b18-11-. The van der Waals surface area contributed by atoms with E-state index in [0.29, 0.717) is 21.4 Å². The topological polar surface area (TPSA) is 135 Å². The molecule has 13 heteroatoms. The van der Waals surface area contributed by atoms with Gasteiger partial charge in [-0.15, -0.1) is 0 Å². The second-order valence-electron chi connectivity index (χ2n) is 8.54. The van der Waals surface area contributed by atoms with Gasteiger partial charge in [0.1, 0.15) is 0 Å². The molecule has 0 radical (unpaired) electrons. The highest BCUT2D eigenvalue weighted by molar-refractivity contribution is 7.16. The van der Waals surface area contributed by atoms with E-state index >= 15 is 0 Å². The fourth-order valence-electron chi connectivity index (χ4n) is 3.34. The number of carbonyl (C=O) groups excluding carboxylic acids is 1. The third kappa shape index (κ3) is 7.13. The number of aryl methyl sites for hydroxylation is 1. The molecule has 0 saturated carbocycles. The lowest BCUT2D eigenvalue weighted by atomic mass is 10.1. The highest BCUT2D eigenvalue weighted by Gasteiger charge is 2.35. The Balaban J connectivity index is 1.89. The normalized spacial score (nSPS) is 12.2. The van der Waals surface area contributed by atoms with Crippen LogP contribution in [0.2, 0.25) is 5.02 Å². The van der Waals surface area contributed by atoms with Gasteiger partial charge in [0, 0.05) is 36.2 Å². The number of halogens is 4. The van der Waals surface area contributed by atoms with Crippen LogP contribution in [0.1, 0.15) is 45.8 Å². The number of nitrogens with zero attached hydrogens (tertiary/aromatic N) is 2. The third-order valence-corrected chi connectivity index (χ3v) is 6.57. The van der Waals surface area contributed by atoms with Crippen LogP contribution in [-0.4, -0.2) is 16.9 Å². The second-order valence-corrected chi connectivity index (χ2v) is 9.98. The lowest BCUT2D eigenvalue weighted by molar-refractivity contribution is -0.137. The average Bonchev–Trinajstić information content (AvgIpc) is 3.24. The van der Waals surface area contributed by atoms with Crippen LogP contribution in [0.25, 0.3) is 5.70 Å². The zero-order valence-electron chi connectivity index (χ0n) is 20.3. The van der Waals surface area contributed by atoms with Gasteiger partial charge >= 0.3 is 6.18 Å². The van der Waals surface area contributed by atoms with E-state index in [4.69, 9.17) is 28.9 Å². The van der Waals surface area contributed by atoms with E-state index in [2.05, 4.69) is 15.6 Å². The molecule has 3 rings (SSSR count).